The normalized spacial score (nSPS) is 10.9. The zero-order chi connectivity index (χ0) is 15.9. The van der Waals surface area contributed by atoms with E-state index in [9.17, 15) is 4.79 Å². The zero-order valence-corrected chi connectivity index (χ0v) is 12.7. The molecule has 0 amide bonds. The van der Waals surface area contributed by atoms with Gasteiger partial charge in [0.05, 0.1) is 26.2 Å². The fourth-order valence-electron chi connectivity index (χ4n) is 2.49. The van der Waals surface area contributed by atoms with Crippen LogP contribution in [0, 0.1) is 0 Å². The summed E-state index contributed by atoms with van der Waals surface area (Å²) >= 11 is 0. The summed E-state index contributed by atoms with van der Waals surface area (Å²) in [6.07, 6.45) is 2.03. The highest BCUT2D eigenvalue weighted by Crippen LogP contribution is 2.25. The highest BCUT2D eigenvalue weighted by Gasteiger charge is 2.12. The first-order chi connectivity index (χ1) is 10.7. The molecule has 0 aliphatic rings. The lowest BCUT2D eigenvalue weighted by atomic mass is 10.1. The van der Waals surface area contributed by atoms with Crippen LogP contribution in [0.1, 0.15) is 12.5 Å². The Bertz CT molecular complexity index is 618. The topological polar surface area (TPSA) is 85.8 Å². The molecule has 0 aliphatic carbocycles. The molecule has 120 valence electrons. The molecule has 1 aromatic heterocycles. The van der Waals surface area contributed by atoms with E-state index in [-0.39, 0.29) is 25.6 Å². The van der Waals surface area contributed by atoms with Crippen molar-refractivity contribution in [2.75, 3.05) is 37.8 Å². The largest absolute Gasteiger partial charge is 0.466 e. The highest BCUT2D eigenvalue weighted by molar-refractivity contribution is 5.89. The van der Waals surface area contributed by atoms with Crippen molar-refractivity contribution in [3.63, 3.8) is 0 Å². The predicted molar refractivity (Wildman–Crippen MR) is 85.0 cm³/mol. The number of ether oxygens (including phenoxy) is 1. The summed E-state index contributed by atoms with van der Waals surface area (Å²) in [6.45, 7) is 3.08. The van der Waals surface area contributed by atoms with Gasteiger partial charge in [0, 0.05) is 35.9 Å². The molecule has 6 nitrogen and oxygen atoms in total. The van der Waals surface area contributed by atoms with Crippen molar-refractivity contribution in [3.05, 3.63) is 30.0 Å². The van der Waals surface area contributed by atoms with Crippen LogP contribution < -0.4 is 4.90 Å². The Hall–Kier alpha value is -2.05. The molecule has 0 saturated heterocycles. The van der Waals surface area contributed by atoms with Crippen molar-refractivity contribution < 1.29 is 19.7 Å². The number of carbonyl (C=O) groups is 1. The standard InChI is InChI=1S/C16H22N2O4/c1-2-22-16(21)9-12-11-17-15-4-3-13(10-14(12)15)18(5-7-19)6-8-20/h3-4,10-11,17,19-20H,2,5-9H2,1H3. The van der Waals surface area contributed by atoms with Gasteiger partial charge in [0.15, 0.2) is 0 Å². The highest BCUT2D eigenvalue weighted by atomic mass is 16.5. The minimum absolute atomic E-state index is 0.0147. The number of nitrogens with one attached hydrogen (secondary N) is 1. The molecule has 0 radical (unpaired) electrons. The molecular weight excluding hydrogens is 284 g/mol. The molecule has 6 heteroatoms. The van der Waals surface area contributed by atoms with Crippen molar-refractivity contribution >= 4 is 22.6 Å². The minimum atomic E-state index is -0.253. The number of carbonyl (C=O) groups excluding carboxylic acids is 1. The summed E-state index contributed by atoms with van der Waals surface area (Å²) in [7, 11) is 0. The van der Waals surface area contributed by atoms with Crippen molar-refractivity contribution in [2.45, 2.75) is 13.3 Å². The van der Waals surface area contributed by atoms with Crippen molar-refractivity contribution in [2.24, 2.45) is 0 Å². The fourth-order valence-corrected chi connectivity index (χ4v) is 2.49. The number of rotatable bonds is 8. The molecular formula is C16H22N2O4. The second-order valence-corrected chi connectivity index (χ2v) is 4.96. The SMILES string of the molecule is CCOC(=O)Cc1c[nH]c2ccc(N(CCO)CCO)cc12. The molecule has 22 heavy (non-hydrogen) atoms. The zero-order valence-electron chi connectivity index (χ0n) is 12.7. The molecule has 1 heterocycles. The molecule has 0 saturated carbocycles. The summed E-state index contributed by atoms with van der Waals surface area (Å²) in [5, 5.41) is 19.2. The maximum atomic E-state index is 11.7. The van der Waals surface area contributed by atoms with Gasteiger partial charge in [0.1, 0.15) is 0 Å². The van der Waals surface area contributed by atoms with Crippen LogP contribution in [0.25, 0.3) is 10.9 Å². The number of fused-ring (bicyclic) bond motifs is 1. The maximum absolute atomic E-state index is 11.7. The number of esters is 1. The molecule has 2 aromatic rings. The van der Waals surface area contributed by atoms with Gasteiger partial charge in [-0.3, -0.25) is 4.79 Å². The van der Waals surface area contributed by atoms with E-state index in [1.807, 2.05) is 29.3 Å². The number of nitrogens with zero attached hydrogens (tertiary/aromatic N) is 1. The van der Waals surface area contributed by atoms with E-state index < -0.39 is 0 Å². The van der Waals surface area contributed by atoms with Gasteiger partial charge in [0.25, 0.3) is 0 Å². The van der Waals surface area contributed by atoms with Crippen LogP contribution in [-0.4, -0.2) is 54.1 Å². The Morgan fingerprint density at radius 3 is 2.64 bits per heavy atom. The van der Waals surface area contributed by atoms with Crippen LogP contribution in [0.4, 0.5) is 5.69 Å². The lowest BCUT2D eigenvalue weighted by Crippen LogP contribution is -2.29. The van der Waals surface area contributed by atoms with Gasteiger partial charge in [-0.1, -0.05) is 0 Å². The van der Waals surface area contributed by atoms with E-state index >= 15 is 0 Å². The lowest BCUT2D eigenvalue weighted by molar-refractivity contribution is -0.142. The fraction of sp³-hybridized carbons (Fsp3) is 0.438. The van der Waals surface area contributed by atoms with Crippen LogP contribution in [0.15, 0.2) is 24.4 Å². The third kappa shape index (κ3) is 3.78. The molecule has 0 fully saturated rings. The van der Waals surface area contributed by atoms with Crippen LogP contribution >= 0.6 is 0 Å². The molecule has 2 rings (SSSR count). The average Bonchev–Trinajstić information content (AvgIpc) is 2.89. The van der Waals surface area contributed by atoms with Crippen molar-refractivity contribution in [1.29, 1.82) is 0 Å². The van der Waals surface area contributed by atoms with Gasteiger partial charge in [-0.25, -0.2) is 0 Å². The maximum Gasteiger partial charge on any atom is 0.310 e. The van der Waals surface area contributed by atoms with E-state index in [1.54, 1.807) is 6.92 Å². The number of H-pyrrole nitrogens is 1. The van der Waals surface area contributed by atoms with Gasteiger partial charge in [-0.2, -0.15) is 0 Å². The van der Waals surface area contributed by atoms with Gasteiger partial charge < -0.3 is 24.8 Å². The number of hydrogen-bond donors (Lipinski definition) is 3. The van der Waals surface area contributed by atoms with E-state index in [4.69, 9.17) is 14.9 Å². The number of aromatic amines is 1. The van der Waals surface area contributed by atoms with Gasteiger partial charge in [-0.05, 0) is 30.7 Å². The Kier molecular flexibility index (Phi) is 5.80. The Balaban J connectivity index is 2.29. The number of aromatic nitrogens is 1. The average molecular weight is 306 g/mol. The van der Waals surface area contributed by atoms with Gasteiger partial charge in [0.2, 0.25) is 0 Å². The minimum Gasteiger partial charge on any atom is -0.466 e. The first-order valence-corrected chi connectivity index (χ1v) is 7.42. The molecule has 1 aromatic carbocycles. The number of benzene rings is 1. The molecule has 0 spiro atoms. The van der Waals surface area contributed by atoms with Crippen LogP contribution in [0.3, 0.4) is 0 Å². The molecule has 3 N–H and O–H groups in total. The Labute approximate surface area is 129 Å². The summed E-state index contributed by atoms with van der Waals surface area (Å²) in [5.41, 5.74) is 2.72. The van der Waals surface area contributed by atoms with E-state index in [0.29, 0.717) is 19.7 Å². The van der Waals surface area contributed by atoms with Crippen LogP contribution in [0.5, 0.6) is 0 Å². The number of aliphatic hydroxyl groups excluding tert-OH is 2. The van der Waals surface area contributed by atoms with E-state index in [1.165, 1.54) is 0 Å². The third-order valence-corrected chi connectivity index (χ3v) is 3.50. The van der Waals surface area contributed by atoms with E-state index in [0.717, 1.165) is 22.2 Å². The predicted octanol–water partition coefficient (Wildman–Crippen LogP) is 1.06. The monoisotopic (exact) mass is 306 g/mol. The second-order valence-electron chi connectivity index (χ2n) is 4.96. The summed E-state index contributed by atoms with van der Waals surface area (Å²) < 4.78 is 4.99. The quantitative estimate of drug-likeness (QED) is 0.635. The molecule has 0 bridgehead atoms. The first-order valence-electron chi connectivity index (χ1n) is 7.42. The van der Waals surface area contributed by atoms with Gasteiger partial charge in [-0.15, -0.1) is 0 Å². The van der Waals surface area contributed by atoms with Crippen LogP contribution in [0.2, 0.25) is 0 Å². The summed E-state index contributed by atoms with van der Waals surface area (Å²) in [6, 6.07) is 5.82. The number of anilines is 1. The number of aliphatic hydroxyl groups is 2. The molecule has 0 aliphatic heterocycles. The first kappa shape index (κ1) is 16.3. The van der Waals surface area contributed by atoms with Crippen LogP contribution in [-0.2, 0) is 16.0 Å². The van der Waals surface area contributed by atoms with Crippen molar-refractivity contribution in [3.8, 4) is 0 Å². The summed E-state index contributed by atoms with van der Waals surface area (Å²) in [5.74, 6) is -0.253. The smallest absolute Gasteiger partial charge is 0.310 e. The van der Waals surface area contributed by atoms with E-state index in [2.05, 4.69) is 4.98 Å². The molecule has 0 unspecified atom stereocenters. The Morgan fingerprint density at radius 2 is 2.00 bits per heavy atom. The second kappa shape index (κ2) is 7.82. The molecule has 0 atom stereocenters. The van der Waals surface area contributed by atoms with Gasteiger partial charge >= 0.3 is 5.97 Å². The number of hydrogen-bond acceptors (Lipinski definition) is 5. The lowest BCUT2D eigenvalue weighted by Gasteiger charge is -2.23. The van der Waals surface area contributed by atoms with Crippen molar-refractivity contribution in [1.82, 2.24) is 4.98 Å². The summed E-state index contributed by atoms with van der Waals surface area (Å²) in [4.78, 5) is 16.7. The Morgan fingerprint density at radius 1 is 1.27 bits per heavy atom. The third-order valence-electron chi connectivity index (χ3n) is 3.50.